The monoisotopic (exact) mass is 298 g/mol. The second kappa shape index (κ2) is 4.98. The highest BCUT2D eigenvalue weighted by Crippen LogP contribution is 2.32. The number of anilines is 2. The van der Waals surface area contributed by atoms with E-state index in [9.17, 15) is 9.18 Å². The van der Waals surface area contributed by atoms with Crippen LogP contribution in [0.2, 0.25) is 0 Å². The van der Waals surface area contributed by atoms with E-state index in [1.807, 2.05) is 10.7 Å². The van der Waals surface area contributed by atoms with Gasteiger partial charge in [-0.05, 0) is 49.1 Å². The molecule has 0 amide bonds. The quantitative estimate of drug-likeness (QED) is 0.778. The highest BCUT2D eigenvalue weighted by molar-refractivity contribution is 5.91. The molecule has 2 aromatic heterocycles. The molecule has 3 aromatic rings. The first-order valence-corrected chi connectivity index (χ1v) is 7.31. The Balaban J connectivity index is 1.78. The van der Waals surface area contributed by atoms with Gasteiger partial charge in [-0.2, -0.15) is 5.10 Å². The van der Waals surface area contributed by atoms with Crippen molar-refractivity contribution in [2.24, 2.45) is 5.92 Å². The molecule has 1 aromatic carbocycles. The lowest BCUT2D eigenvalue weighted by atomic mass is 10.2. The second-order valence-electron chi connectivity index (χ2n) is 5.67. The fourth-order valence-corrected chi connectivity index (χ4v) is 2.58. The lowest BCUT2D eigenvalue weighted by Gasteiger charge is -2.03. The molecule has 5 nitrogen and oxygen atoms in total. The Morgan fingerprint density at radius 1 is 1.27 bits per heavy atom. The maximum Gasteiger partial charge on any atom is 0.261 e. The first-order valence-electron chi connectivity index (χ1n) is 7.31. The highest BCUT2D eigenvalue weighted by Gasteiger charge is 2.24. The van der Waals surface area contributed by atoms with Gasteiger partial charge in [0.1, 0.15) is 11.2 Å². The molecule has 2 N–H and O–H groups in total. The molecule has 1 saturated carbocycles. The largest absolute Gasteiger partial charge is 0.338 e. The van der Waals surface area contributed by atoms with E-state index in [1.54, 1.807) is 18.3 Å². The highest BCUT2D eigenvalue weighted by atomic mass is 19.1. The van der Waals surface area contributed by atoms with Crippen LogP contribution < -0.4 is 10.9 Å². The summed E-state index contributed by atoms with van der Waals surface area (Å²) in [6.45, 7) is 0.824. The molecule has 1 aliphatic rings. The predicted octanol–water partition coefficient (Wildman–Crippen LogP) is 3.02. The van der Waals surface area contributed by atoms with Crippen molar-refractivity contribution in [2.45, 2.75) is 19.4 Å². The van der Waals surface area contributed by atoms with Crippen LogP contribution in [-0.4, -0.2) is 14.8 Å². The molecular formula is C16H15FN4O. The molecule has 0 atom stereocenters. The molecule has 22 heavy (non-hydrogen) atoms. The summed E-state index contributed by atoms with van der Waals surface area (Å²) in [6, 6.07) is 7.85. The number of nitrogens with zero attached hydrogens (tertiary/aromatic N) is 2. The molecule has 0 spiro atoms. The number of fused-ring (bicyclic) bond motifs is 1. The topological polar surface area (TPSA) is 62.7 Å². The molecule has 0 saturated heterocycles. The van der Waals surface area contributed by atoms with Crippen molar-refractivity contribution in [2.75, 3.05) is 5.32 Å². The first kappa shape index (κ1) is 13.1. The average molecular weight is 298 g/mol. The predicted molar refractivity (Wildman–Crippen MR) is 82.8 cm³/mol. The Labute approximate surface area is 125 Å². The van der Waals surface area contributed by atoms with Crippen LogP contribution >= 0.6 is 0 Å². The summed E-state index contributed by atoms with van der Waals surface area (Å²) in [5.74, 6) is 0.859. The number of benzene rings is 1. The fraction of sp³-hybridized carbons (Fsp3) is 0.250. The standard InChI is InChI=1S/C16H15FN4O/c17-11-3-5-12(6-4-11)19-15-14-13(7-8-18-16(14)22)21(20-15)9-10-1-2-10/h3-8,10H,1-2,9H2,(H,18,22)(H,19,20). The van der Waals surface area contributed by atoms with Gasteiger partial charge in [0, 0.05) is 18.4 Å². The number of rotatable bonds is 4. The van der Waals surface area contributed by atoms with Crippen LogP contribution in [0.5, 0.6) is 0 Å². The van der Waals surface area contributed by atoms with Gasteiger partial charge in [0.05, 0.1) is 5.52 Å². The number of pyridine rings is 1. The van der Waals surface area contributed by atoms with E-state index in [-0.39, 0.29) is 11.4 Å². The van der Waals surface area contributed by atoms with E-state index >= 15 is 0 Å². The summed E-state index contributed by atoms with van der Waals surface area (Å²) in [5, 5.41) is 8.18. The Bertz CT molecular complexity index is 877. The van der Waals surface area contributed by atoms with Gasteiger partial charge in [0.15, 0.2) is 5.82 Å². The van der Waals surface area contributed by atoms with E-state index in [1.165, 1.54) is 25.0 Å². The number of hydrogen-bond donors (Lipinski definition) is 2. The van der Waals surface area contributed by atoms with Crippen molar-refractivity contribution in [1.82, 2.24) is 14.8 Å². The van der Waals surface area contributed by atoms with Crippen LogP contribution in [0.25, 0.3) is 10.9 Å². The van der Waals surface area contributed by atoms with E-state index in [0.29, 0.717) is 22.8 Å². The lowest BCUT2D eigenvalue weighted by Crippen LogP contribution is -2.06. The smallest absolute Gasteiger partial charge is 0.261 e. The summed E-state index contributed by atoms with van der Waals surface area (Å²) in [5.41, 5.74) is 1.34. The molecule has 0 radical (unpaired) electrons. The van der Waals surface area contributed by atoms with Gasteiger partial charge in [-0.15, -0.1) is 0 Å². The molecule has 0 unspecified atom stereocenters. The number of hydrogen-bond acceptors (Lipinski definition) is 3. The molecule has 4 rings (SSSR count). The SMILES string of the molecule is O=c1[nH]ccc2c1c(Nc1ccc(F)cc1)nn2CC1CC1. The Kier molecular flexibility index (Phi) is 2.96. The molecule has 1 fully saturated rings. The van der Waals surface area contributed by atoms with Crippen LogP contribution in [0.4, 0.5) is 15.9 Å². The van der Waals surface area contributed by atoms with Gasteiger partial charge in [0.25, 0.3) is 5.56 Å². The van der Waals surface area contributed by atoms with Crippen molar-refractivity contribution >= 4 is 22.4 Å². The van der Waals surface area contributed by atoms with Gasteiger partial charge >= 0.3 is 0 Å². The maximum atomic E-state index is 13.0. The van der Waals surface area contributed by atoms with E-state index < -0.39 is 0 Å². The number of halogens is 1. The summed E-state index contributed by atoms with van der Waals surface area (Å²) < 4.78 is 14.9. The van der Waals surface area contributed by atoms with Gasteiger partial charge in [0.2, 0.25) is 0 Å². The van der Waals surface area contributed by atoms with Crippen molar-refractivity contribution in [1.29, 1.82) is 0 Å². The van der Waals surface area contributed by atoms with E-state index in [2.05, 4.69) is 15.4 Å². The van der Waals surface area contributed by atoms with E-state index in [4.69, 9.17) is 0 Å². The molecule has 2 heterocycles. The van der Waals surface area contributed by atoms with Crippen molar-refractivity contribution < 1.29 is 4.39 Å². The van der Waals surface area contributed by atoms with Crippen LogP contribution in [-0.2, 0) is 6.54 Å². The number of nitrogens with one attached hydrogen (secondary N) is 2. The summed E-state index contributed by atoms with van der Waals surface area (Å²) >= 11 is 0. The summed E-state index contributed by atoms with van der Waals surface area (Å²) in [4.78, 5) is 14.8. The minimum absolute atomic E-state index is 0.177. The molecule has 0 bridgehead atoms. The first-order chi connectivity index (χ1) is 10.7. The van der Waals surface area contributed by atoms with Crippen molar-refractivity contribution in [3.63, 3.8) is 0 Å². The summed E-state index contributed by atoms with van der Waals surface area (Å²) in [6.07, 6.45) is 4.06. The number of H-pyrrole nitrogens is 1. The van der Waals surface area contributed by atoms with Gasteiger partial charge in [-0.1, -0.05) is 0 Å². The van der Waals surface area contributed by atoms with Crippen LogP contribution in [0.3, 0.4) is 0 Å². The zero-order valence-corrected chi connectivity index (χ0v) is 11.8. The zero-order chi connectivity index (χ0) is 15.1. The minimum atomic E-state index is -0.299. The van der Waals surface area contributed by atoms with E-state index in [0.717, 1.165) is 12.1 Å². The van der Waals surface area contributed by atoms with Crippen LogP contribution in [0.15, 0.2) is 41.3 Å². The third-order valence-corrected chi connectivity index (χ3v) is 3.91. The third kappa shape index (κ3) is 2.36. The molecule has 6 heteroatoms. The zero-order valence-electron chi connectivity index (χ0n) is 11.8. The molecule has 0 aliphatic heterocycles. The second-order valence-corrected chi connectivity index (χ2v) is 5.67. The fourth-order valence-electron chi connectivity index (χ4n) is 2.58. The third-order valence-electron chi connectivity index (χ3n) is 3.91. The van der Waals surface area contributed by atoms with Gasteiger partial charge in [-0.25, -0.2) is 4.39 Å². The van der Waals surface area contributed by atoms with Gasteiger partial charge in [-0.3, -0.25) is 9.48 Å². The van der Waals surface area contributed by atoms with Crippen molar-refractivity contribution in [3.8, 4) is 0 Å². The maximum absolute atomic E-state index is 13.0. The Hall–Kier alpha value is -2.63. The Morgan fingerprint density at radius 3 is 2.77 bits per heavy atom. The Morgan fingerprint density at radius 2 is 2.05 bits per heavy atom. The summed E-state index contributed by atoms with van der Waals surface area (Å²) in [7, 11) is 0. The van der Waals surface area contributed by atoms with Crippen molar-refractivity contribution in [3.05, 3.63) is 52.7 Å². The lowest BCUT2D eigenvalue weighted by molar-refractivity contribution is 0.582. The number of aromatic amines is 1. The van der Waals surface area contributed by atoms with Gasteiger partial charge < -0.3 is 10.3 Å². The minimum Gasteiger partial charge on any atom is -0.338 e. The molecule has 112 valence electrons. The number of aromatic nitrogens is 3. The normalized spacial score (nSPS) is 14.4. The molecular weight excluding hydrogens is 283 g/mol. The van der Waals surface area contributed by atoms with Crippen LogP contribution in [0.1, 0.15) is 12.8 Å². The van der Waals surface area contributed by atoms with Crippen LogP contribution in [0, 0.1) is 11.7 Å². The average Bonchev–Trinajstić information content (AvgIpc) is 3.25. The molecule has 1 aliphatic carbocycles.